The third-order valence-corrected chi connectivity index (χ3v) is 3.67. The van der Waals surface area contributed by atoms with Crippen LogP contribution >= 0.6 is 0 Å². The van der Waals surface area contributed by atoms with Crippen LogP contribution in [0.5, 0.6) is 0 Å². The number of hydrogen-bond donors (Lipinski definition) is 1. The Morgan fingerprint density at radius 3 is 2.56 bits per heavy atom. The predicted octanol–water partition coefficient (Wildman–Crippen LogP) is 2.49. The van der Waals surface area contributed by atoms with Crippen molar-refractivity contribution in [2.75, 3.05) is 13.2 Å². The number of ether oxygens (including phenoxy) is 1. The molecule has 0 aliphatic carbocycles. The highest BCUT2D eigenvalue weighted by Crippen LogP contribution is 2.34. The molecule has 1 aromatic rings. The normalized spacial score (nSPS) is 24.3. The zero-order valence-corrected chi connectivity index (χ0v) is 10.1. The van der Waals surface area contributed by atoms with E-state index in [4.69, 9.17) is 4.74 Å². The Balaban J connectivity index is 2.20. The van der Waals surface area contributed by atoms with Crippen LogP contribution in [0.3, 0.4) is 0 Å². The molecule has 1 aromatic carbocycles. The molecule has 1 N–H and O–H groups in total. The van der Waals surface area contributed by atoms with Crippen LogP contribution in [-0.2, 0) is 16.8 Å². The van der Waals surface area contributed by atoms with Crippen LogP contribution in [0.1, 0.15) is 31.4 Å². The monoisotopic (exact) mass is 220 g/mol. The van der Waals surface area contributed by atoms with Gasteiger partial charge in [0.15, 0.2) is 0 Å². The van der Waals surface area contributed by atoms with Gasteiger partial charge in [0.2, 0.25) is 0 Å². The lowest BCUT2D eigenvalue weighted by Gasteiger charge is -2.29. The summed E-state index contributed by atoms with van der Waals surface area (Å²) < 4.78 is 5.35. The van der Waals surface area contributed by atoms with Gasteiger partial charge >= 0.3 is 0 Å². The lowest BCUT2D eigenvalue weighted by atomic mass is 9.82. The Labute approximate surface area is 97.3 Å². The molecule has 0 amide bonds. The Bertz CT molecular complexity index is 334. The standard InChI is InChI=1S/C14H20O2/c1-3-11-4-6-12(7-5-11)14(2,15)13-8-9-16-10-13/h4-7,13,15H,3,8-10H2,1-2H3. The van der Waals surface area contributed by atoms with Crippen molar-refractivity contribution in [3.63, 3.8) is 0 Å². The molecule has 1 fully saturated rings. The highest BCUT2D eigenvalue weighted by Gasteiger charge is 2.36. The first-order chi connectivity index (χ1) is 7.64. The van der Waals surface area contributed by atoms with Gasteiger partial charge in [0.05, 0.1) is 12.2 Å². The quantitative estimate of drug-likeness (QED) is 0.848. The van der Waals surface area contributed by atoms with E-state index in [-0.39, 0.29) is 5.92 Å². The molecule has 88 valence electrons. The first kappa shape index (κ1) is 11.6. The molecule has 0 saturated carbocycles. The van der Waals surface area contributed by atoms with E-state index in [1.54, 1.807) is 0 Å². The molecular weight excluding hydrogens is 200 g/mol. The van der Waals surface area contributed by atoms with Crippen LogP contribution in [0.4, 0.5) is 0 Å². The summed E-state index contributed by atoms with van der Waals surface area (Å²) in [5, 5.41) is 10.6. The van der Waals surface area contributed by atoms with Gasteiger partial charge in [-0.05, 0) is 30.9 Å². The van der Waals surface area contributed by atoms with E-state index in [0.29, 0.717) is 6.61 Å². The Morgan fingerprint density at radius 1 is 1.38 bits per heavy atom. The maximum atomic E-state index is 10.6. The fourth-order valence-electron chi connectivity index (χ4n) is 2.29. The summed E-state index contributed by atoms with van der Waals surface area (Å²) in [5.41, 5.74) is 1.55. The van der Waals surface area contributed by atoms with Crippen LogP contribution in [0, 0.1) is 5.92 Å². The van der Waals surface area contributed by atoms with Crippen molar-refractivity contribution in [2.24, 2.45) is 5.92 Å². The molecule has 0 spiro atoms. The fraction of sp³-hybridized carbons (Fsp3) is 0.571. The minimum absolute atomic E-state index is 0.222. The van der Waals surface area contributed by atoms with Gasteiger partial charge in [-0.1, -0.05) is 31.2 Å². The molecule has 2 heteroatoms. The lowest BCUT2D eigenvalue weighted by molar-refractivity contribution is -0.00971. The highest BCUT2D eigenvalue weighted by atomic mass is 16.5. The molecule has 0 bridgehead atoms. The van der Waals surface area contributed by atoms with Gasteiger partial charge in [-0.2, -0.15) is 0 Å². The molecule has 2 unspecified atom stereocenters. The summed E-state index contributed by atoms with van der Waals surface area (Å²) in [6.45, 7) is 5.47. The maximum absolute atomic E-state index is 10.6. The zero-order chi connectivity index (χ0) is 11.6. The largest absolute Gasteiger partial charge is 0.385 e. The summed E-state index contributed by atoms with van der Waals surface area (Å²) in [6.07, 6.45) is 1.98. The molecule has 2 atom stereocenters. The number of aryl methyl sites for hydroxylation is 1. The SMILES string of the molecule is CCc1ccc(C(C)(O)C2CCOC2)cc1. The zero-order valence-electron chi connectivity index (χ0n) is 10.1. The maximum Gasteiger partial charge on any atom is 0.0919 e. The van der Waals surface area contributed by atoms with E-state index in [9.17, 15) is 5.11 Å². The van der Waals surface area contributed by atoms with Crippen LogP contribution in [0.25, 0.3) is 0 Å². The fourth-order valence-corrected chi connectivity index (χ4v) is 2.29. The summed E-state index contributed by atoms with van der Waals surface area (Å²) in [6, 6.07) is 8.27. The lowest BCUT2D eigenvalue weighted by Crippen LogP contribution is -2.32. The van der Waals surface area contributed by atoms with E-state index in [2.05, 4.69) is 19.1 Å². The summed E-state index contributed by atoms with van der Waals surface area (Å²) in [4.78, 5) is 0. The van der Waals surface area contributed by atoms with E-state index in [1.165, 1.54) is 5.56 Å². The van der Waals surface area contributed by atoms with Crippen LogP contribution in [0.2, 0.25) is 0 Å². The summed E-state index contributed by atoms with van der Waals surface area (Å²) in [5.74, 6) is 0.222. The van der Waals surface area contributed by atoms with Gasteiger partial charge in [0.25, 0.3) is 0 Å². The van der Waals surface area contributed by atoms with Gasteiger partial charge in [0.1, 0.15) is 0 Å². The second kappa shape index (κ2) is 4.56. The predicted molar refractivity (Wildman–Crippen MR) is 64.3 cm³/mol. The van der Waals surface area contributed by atoms with E-state index >= 15 is 0 Å². The van der Waals surface area contributed by atoms with Gasteiger partial charge < -0.3 is 9.84 Å². The molecule has 1 aliphatic heterocycles. The Hall–Kier alpha value is -0.860. The summed E-state index contributed by atoms with van der Waals surface area (Å²) >= 11 is 0. The molecule has 2 rings (SSSR count). The minimum Gasteiger partial charge on any atom is -0.385 e. The molecule has 16 heavy (non-hydrogen) atoms. The van der Waals surface area contributed by atoms with Crippen molar-refractivity contribution < 1.29 is 9.84 Å². The average Bonchev–Trinajstić information content (AvgIpc) is 2.83. The number of benzene rings is 1. The van der Waals surface area contributed by atoms with Crippen LogP contribution in [0.15, 0.2) is 24.3 Å². The third kappa shape index (κ3) is 2.13. The van der Waals surface area contributed by atoms with Gasteiger partial charge in [0, 0.05) is 12.5 Å². The van der Waals surface area contributed by atoms with Gasteiger partial charge in [-0.15, -0.1) is 0 Å². The van der Waals surface area contributed by atoms with Crippen LogP contribution < -0.4 is 0 Å². The second-order valence-corrected chi connectivity index (χ2v) is 4.76. The molecule has 0 aromatic heterocycles. The Morgan fingerprint density at radius 2 is 2.06 bits per heavy atom. The van der Waals surface area contributed by atoms with Crippen LogP contribution in [-0.4, -0.2) is 18.3 Å². The number of aliphatic hydroxyl groups is 1. The topological polar surface area (TPSA) is 29.5 Å². The van der Waals surface area contributed by atoms with Crippen molar-refractivity contribution in [1.29, 1.82) is 0 Å². The molecular formula is C14H20O2. The van der Waals surface area contributed by atoms with E-state index in [1.807, 2.05) is 19.1 Å². The smallest absolute Gasteiger partial charge is 0.0919 e. The van der Waals surface area contributed by atoms with E-state index in [0.717, 1.165) is 25.0 Å². The highest BCUT2D eigenvalue weighted by molar-refractivity contribution is 5.27. The third-order valence-electron chi connectivity index (χ3n) is 3.67. The molecule has 1 heterocycles. The van der Waals surface area contributed by atoms with Crippen molar-refractivity contribution in [3.05, 3.63) is 35.4 Å². The molecule has 2 nitrogen and oxygen atoms in total. The first-order valence-corrected chi connectivity index (χ1v) is 6.04. The second-order valence-electron chi connectivity index (χ2n) is 4.76. The van der Waals surface area contributed by atoms with E-state index < -0.39 is 5.60 Å². The molecule has 1 aliphatic rings. The molecule has 0 radical (unpaired) electrons. The van der Waals surface area contributed by atoms with Crippen molar-refractivity contribution in [3.8, 4) is 0 Å². The Kier molecular flexibility index (Phi) is 3.31. The minimum atomic E-state index is -0.761. The van der Waals surface area contributed by atoms with Crippen molar-refractivity contribution in [1.82, 2.24) is 0 Å². The van der Waals surface area contributed by atoms with Gasteiger partial charge in [-0.25, -0.2) is 0 Å². The van der Waals surface area contributed by atoms with Crippen molar-refractivity contribution in [2.45, 2.75) is 32.3 Å². The average molecular weight is 220 g/mol. The number of rotatable bonds is 3. The summed E-state index contributed by atoms with van der Waals surface area (Å²) in [7, 11) is 0. The molecule has 1 saturated heterocycles. The van der Waals surface area contributed by atoms with Gasteiger partial charge in [-0.3, -0.25) is 0 Å². The number of hydrogen-bond acceptors (Lipinski definition) is 2. The first-order valence-electron chi connectivity index (χ1n) is 6.04. The van der Waals surface area contributed by atoms with Crippen molar-refractivity contribution >= 4 is 0 Å².